The van der Waals surface area contributed by atoms with E-state index in [4.69, 9.17) is 11.6 Å². The molecule has 0 aliphatic heterocycles. The van der Waals surface area contributed by atoms with Gasteiger partial charge in [-0.1, -0.05) is 23.7 Å². The second-order valence-corrected chi connectivity index (χ2v) is 4.63. The van der Waals surface area contributed by atoms with Gasteiger partial charge < -0.3 is 10.1 Å². The predicted molar refractivity (Wildman–Crippen MR) is 78.2 cm³/mol. The van der Waals surface area contributed by atoms with Gasteiger partial charge in [-0.05, 0) is 23.8 Å². The standard InChI is InChI=1S/C15H13ClN2O3/c1-21-15(20)11-4-2-10(3-5-11)8-18-14(19)12-6-7-17-9-13(12)16/h2-7,9H,8H2,1H3,(H,18,19). The maximum absolute atomic E-state index is 12.0. The molecular weight excluding hydrogens is 292 g/mol. The van der Waals surface area contributed by atoms with Gasteiger partial charge in [0, 0.05) is 18.9 Å². The number of carbonyl (C=O) groups excluding carboxylic acids is 2. The molecule has 0 aliphatic carbocycles. The van der Waals surface area contributed by atoms with Crippen molar-refractivity contribution in [3.8, 4) is 0 Å². The summed E-state index contributed by atoms with van der Waals surface area (Å²) in [5.41, 5.74) is 1.70. The molecule has 0 atom stereocenters. The Morgan fingerprint density at radius 2 is 1.95 bits per heavy atom. The van der Waals surface area contributed by atoms with E-state index >= 15 is 0 Å². The number of aromatic nitrogens is 1. The van der Waals surface area contributed by atoms with Crippen LogP contribution in [0.2, 0.25) is 5.02 Å². The lowest BCUT2D eigenvalue weighted by Crippen LogP contribution is -2.23. The van der Waals surface area contributed by atoms with Gasteiger partial charge >= 0.3 is 5.97 Å². The van der Waals surface area contributed by atoms with Crippen molar-refractivity contribution in [3.05, 3.63) is 64.4 Å². The number of halogens is 1. The molecule has 2 rings (SSSR count). The van der Waals surface area contributed by atoms with Crippen molar-refractivity contribution >= 4 is 23.5 Å². The summed E-state index contributed by atoms with van der Waals surface area (Å²) in [7, 11) is 1.33. The molecule has 0 fully saturated rings. The molecule has 1 aromatic carbocycles. The Kier molecular flexibility index (Phi) is 4.90. The van der Waals surface area contributed by atoms with Crippen molar-refractivity contribution in [3.63, 3.8) is 0 Å². The number of nitrogens with zero attached hydrogens (tertiary/aromatic N) is 1. The largest absolute Gasteiger partial charge is 0.465 e. The number of amides is 1. The Hall–Kier alpha value is -2.40. The van der Waals surface area contributed by atoms with Crippen LogP contribution in [0.4, 0.5) is 0 Å². The van der Waals surface area contributed by atoms with Crippen molar-refractivity contribution in [2.24, 2.45) is 0 Å². The molecule has 21 heavy (non-hydrogen) atoms. The number of ether oxygens (including phenoxy) is 1. The van der Waals surface area contributed by atoms with Gasteiger partial charge in [0.05, 0.1) is 23.3 Å². The summed E-state index contributed by atoms with van der Waals surface area (Å²) in [6.45, 7) is 0.332. The number of nitrogens with one attached hydrogen (secondary N) is 1. The molecule has 1 heterocycles. The number of hydrogen-bond acceptors (Lipinski definition) is 4. The number of carbonyl (C=O) groups is 2. The number of hydrogen-bond donors (Lipinski definition) is 1. The lowest BCUT2D eigenvalue weighted by atomic mass is 10.1. The molecule has 0 unspecified atom stereocenters. The maximum Gasteiger partial charge on any atom is 0.337 e. The van der Waals surface area contributed by atoms with Crippen LogP contribution in [0, 0.1) is 0 Å². The van der Waals surface area contributed by atoms with Gasteiger partial charge in [0.15, 0.2) is 0 Å². The topological polar surface area (TPSA) is 68.3 Å². The van der Waals surface area contributed by atoms with Crippen LogP contribution in [0.5, 0.6) is 0 Å². The Bertz CT molecular complexity index is 656. The first-order valence-corrected chi connectivity index (χ1v) is 6.54. The van der Waals surface area contributed by atoms with Crippen LogP contribution in [0.3, 0.4) is 0 Å². The molecule has 5 nitrogen and oxygen atoms in total. The van der Waals surface area contributed by atoms with E-state index in [1.165, 1.54) is 19.5 Å². The molecule has 0 radical (unpaired) electrons. The summed E-state index contributed by atoms with van der Waals surface area (Å²) in [5, 5.41) is 3.05. The van der Waals surface area contributed by atoms with Gasteiger partial charge in [-0.15, -0.1) is 0 Å². The maximum atomic E-state index is 12.0. The van der Waals surface area contributed by atoms with Crippen LogP contribution in [0.15, 0.2) is 42.7 Å². The van der Waals surface area contributed by atoms with E-state index in [1.807, 2.05) is 0 Å². The molecule has 1 aromatic heterocycles. The minimum atomic E-state index is -0.394. The normalized spacial score (nSPS) is 10.0. The van der Waals surface area contributed by atoms with Crippen LogP contribution in [0.1, 0.15) is 26.3 Å². The molecular formula is C15H13ClN2O3. The fraction of sp³-hybridized carbons (Fsp3) is 0.133. The third kappa shape index (κ3) is 3.79. The smallest absolute Gasteiger partial charge is 0.337 e. The first kappa shape index (κ1) is 15.0. The molecule has 1 N–H and O–H groups in total. The van der Waals surface area contributed by atoms with Crippen molar-refractivity contribution in [2.75, 3.05) is 7.11 Å². The predicted octanol–water partition coefficient (Wildman–Crippen LogP) is 2.45. The Morgan fingerprint density at radius 3 is 2.57 bits per heavy atom. The summed E-state index contributed by atoms with van der Waals surface area (Å²) < 4.78 is 4.62. The van der Waals surface area contributed by atoms with Crippen molar-refractivity contribution in [1.82, 2.24) is 10.3 Å². The number of methoxy groups -OCH3 is 1. The van der Waals surface area contributed by atoms with Crippen LogP contribution < -0.4 is 5.32 Å². The Balaban J connectivity index is 1.99. The highest BCUT2D eigenvalue weighted by Gasteiger charge is 2.10. The van der Waals surface area contributed by atoms with Gasteiger partial charge in [-0.2, -0.15) is 0 Å². The summed E-state index contributed by atoms with van der Waals surface area (Å²) >= 11 is 5.90. The summed E-state index contributed by atoms with van der Waals surface area (Å²) in [4.78, 5) is 27.1. The van der Waals surface area contributed by atoms with E-state index in [0.29, 0.717) is 22.7 Å². The average Bonchev–Trinajstić information content (AvgIpc) is 2.52. The zero-order chi connectivity index (χ0) is 15.2. The quantitative estimate of drug-likeness (QED) is 0.881. The van der Waals surface area contributed by atoms with E-state index in [1.54, 1.807) is 30.3 Å². The molecule has 1 amide bonds. The monoisotopic (exact) mass is 304 g/mol. The van der Waals surface area contributed by atoms with Gasteiger partial charge in [-0.25, -0.2) is 4.79 Å². The van der Waals surface area contributed by atoms with E-state index in [-0.39, 0.29) is 5.91 Å². The lowest BCUT2D eigenvalue weighted by molar-refractivity contribution is 0.0600. The first-order chi connectivity index (χ1) is 10.1. The van der Waals surface area contributed by atoms with Crippen LogP contribution in [0.25, 0.3) is 0 Å². The van der Waals surface area contributed by atoms with Crippen LogP contribution in [-0.2, 0) is 11.3 Å². The SMILES string of the molecule is COC(=O)c1ccc(CNC(=O)c2ccncc2Cl)cc1. The van der Waals surface area contributed by atoms with Crippen molar-refractivity contribution < 1.29 is 14.3 Å². The summed E-state index contributed by atoms with van der Waals surface area (Å²) in [6, 6.07) is 8.35. The molecule has 2 aromatic rings. The molecule has 0 spiro atoms. The van der Waals surface area contributed by atoms with E-state index in [9.17, 15) is 9.59 Å². The molecule has 108 valence electrons. The third-order valence-corrected chi connectivity index (χ3v) is 3.15. The highest BCUT2D eigenvalue weighted by atomic mass is 35.5. The zero-order valence-electron chi connectivity index (χ0n) is 11.3. The number of rotatable bonds is 4. The van der Waals surface area contributed by atoms with E-state index in [0.717, 1.165) is 5.56 Å². The van der Waals surface area contributed by atoms with Crippen LogP contribution >= 0.6 is 11.6 Å². The second-order valence-electron chi connectivity index (χ2n) is 4.23. The highest BCUT2D eigenvalue weighted by molar-refractivity contribution is 6.33. The molecule has 0 aliphatic rings. The fourth-order valence-electron chi connectivity index (χ4n) is 1.71. The molecule has 0 saturated carbocycles. The van der Waals surface area contributed by atoms with Gasteiger partial charge in [-0.3, -0.25) is 9.78 Å². The second kappa shape index (κ2) is 6.85. The van der Waals surface area contributed by atoms with Gasteiger partial charge in [0.2, 0.25) is 0 Å². The minimum absolute atomic E-state index is 0.278. The zero-order valence-corrected chi connectivity index (χ0v) is 12.1. The number of pyridine rings is 1. The van der Waals surface area contributed by atoms with Gasteiger partial charge in [0.1, 0.15) is 0 Å². The lowest BCUT2D eigenvalue weighted by Gasteiger charge is -2.07. The molecule has 0 saturated heterocycles. The van der Waals surface area contributed by atoms with E-state index in [2.05, 4.69) is 15.0 Å². The molecule has 0 bridgehead atoms. The average molecular weight is 305 g/mol. The fourth-order valence-corrected chi connectivity index (χ4v) is 1.92. The molecule has 6 heteroatoms. The number of benzene rings is 1. The van der Waals surface area contributed by atoms with Crippen molar-refractivity contribution in [1.29, 1.82) is 0 Å². The summed E-state index contributed by atoms with van der Waals surface area (Å²) in [5.74, 6) is -0.673. The first-order valence-electron chi connectivity index (χ1n) is 6.17. The minimum Gasteiger partial charge on any atom is -0.465 e. The third-order valence-electron chi connectivity index (χ3n) is 2.85. The van der Waals surface area contributed by atoms with Crippen molar-refractivity contribution in [2.45, 2.75) is 6.54 Å². The van der Waals surface area contributed by atoms with Crippen LogP contribution in [-0.4, -0.2) is 24.0 Å². The van der Waals surface area contributed by atoms with E-state index < -0.39 is 5.97 Å². The Morgan fingerprint density at radius 1 is 1.24 bits per heavy atom. The number of esters is 1. The highest BCUT2D eigenvalue weighted by Crippen LogP contribution is 2.13. The van der Waals surface area contributed by atoms with Gasteiger partial charge in [0.25, 0.3) is 5.91 Å². The Labute approximate surface area is 126 Å². The summed E-state index contributed by atoms with van der Waals surface area (Å²) in [6.07, 6.45) is 2.92.